The second-order valence-electron chi connectivity index (χ2n) is 11.2. The molecular formula is C30H38N6O6S2. The molecule has 3 aromatic rings. The van der Waals surface area contributed by atoms with Crippen LogP contribution in [0, 0.1) is 18.3 Å². The zero-order chi connectivity index (χ0) is 31.2. The molecule has 236 valence electrons. The van der Waals surface area contributed by atoms with E-state index in [1.165, 1.54) is 22.8 Å². The van der Waals surface area contributed by atoms with E-state index in [4.69, 9.17) is 8.92 Å². The number of hydrogen-bond donors (Lipinski definition) is 1. The van der Waals surface area contributed by atoms with Gasteiger partial charge in [-0.25, -0.2) is 18.4 Å². The molecular weight excluding hydrogens is 605 g/mol. The molecule has 2 fully saturated rings. The molecule has 2 aromatic carbocycles. The summed E-state index contributed by atoms with van der Waals surface area (Å²) < 4.78 is 62.1. The van der Waals surface area contributed by atoms with Crippen molar-refractivity contribution < 1.29 is 25.8 Å². The largest absolute Gasteiger partial charge is 0.378 e. The van der Waals surface area contributed by atoms with Gasteiger partial charge >= 0.3 is 0 Å². The van der Waals surface area contributed by atoms with Gasteiger partial charge in [0.15, 0.2) is 0 Å². The van der Waals surface area contributed by atoms with Gasteiger partial charge < -0.3 is 10.1 Å². The van der Waals surface area contributed by atoms with Crippen LogP contribution in [0.5, 0.6) is 0 Å². The van der Waals surface area contributed by atoms with E-state index in [0.717, 1.165) is 48.0 Å². The summed E-state index contributed by atoms with van der Waals surface area (Å²) in [5, 5.41) is 13.7. The van der Waals surface area contributed by atoms with Crippen LogP contribution in [-0.2, 0) is 29.1 Å². The van der Waals surface area contributed by atoms with E-state index in [-0.39, 0.29) is 36.5 Å². The first-order valence-electron chi connectivity index (χ1n) is 14.8. The van der Waals surface area contributed by atoms with Gasteiger partial charge in [0, 0.05) is 43.6 Å². The fourth-order valence-corrected chi connectivity index (χ4v) is 7.94. The Kier molecular flexibility index (Phi) is 10.5. The molecule has 0 bridgehead atoms. The Morgan fingerprint density at radius 3 is 2.36 bits per heavy atom. The van der Waals surface area contributed by atoms with Crippen molar-refractivity contribution in [1.29, 1.82) is 5.26 Å². The normalized spacial score (nSPS) is 20.4. The number of sulfonamides is 1. The van der Waals surface area contributed by atoms with Crippen LogP contribution in [0.25, 0.3) is 10.9 Å². The predicted octanol–water partition coefficient (Wildman–Crippen LogP) is 2.90. The first-order chi connectivity index (χ1) is 21.1. The number of hydrogen-bond acceptors (Lipinski definition) is 11. The van der Waals surface area contributed by atoms with Crippen LogP contribution in [0.15, 0.2) is 53.7 Å². The molecule has 1 aliphatic carbocycles. The Morgan fingerprint density at radius 1 is 0.932 bits per heavy atom. The second kappa shape index (κ2) is 14.3. The van der Waals surface area contributed by atoms with E-state index in [2.05, 4.69) is 26.3 Å². The highest BCUT2D eigenvalue weighted by Crippen LogP contribution is 2.28. The van der Waals surface area contributed by atoms with Crippen LogP contribution in [-0.4, -0.2) is 99.8 Å². The summed E-state index contributed by atoms with van der Waals surface area (Å²) >= 11 is 0. The SMILES string of the molecule is Cc1ccc(S(=O)(=O)OCCOCCS(=O)(=O)N2CCN([C@H]3CC[C@H](Nc4ncnc5ccc(C#N)cc45)CC3)CC2)cc1. The van der Waals surface area contributed by atoms with Gasteiger partial charge in [0.2, 0.25) is 10.0 Å². The molecule has 1 aromatic heterocycles. The molecule has 2 aliphatic rings. The molecule has 1 N–H and O–H groups in total. The van der Waals surface area contributed by atoms with Crippen molar-refractivity contribution in [3.05, 3.63) is 59.9 Å². The predicted molar refractivity (Wildman–Crippen MR) is 166 cm³/mol. The Balaban J connectivity index is 1.00. The molecule has 0 amide bonds. The first kappa shape index (κ1) is 32.2. The summed E-state index contributed by atoms with van der Waals surface area (Å²) in [4.78, 5) is 11.2. The summed E-state index contributed by atoms with van der Waals surface area (Å²) in [5.41, 5.74) is 2.31. The standard InChI is InChI=1S/C30H38N6O6S2/c1-23-2-9-27(10-3-23)44(39,40)42-17-16-41-18-19-43(37,38)36-14-12-35(13-15-36)26-7-5-25(6-8-26)34-30-28-20-24(21-31)4-11-29(28)32-22-33-30/h2-4,9-11,20,22,25-26H,5-8,12-19H2,1H3,(H,32,33,34)/t25-,26-. The molecule has 0 radical (unpaired) electrons. The Hall–Kier alpha value is -3.19. The average Bonchev–Trinajstić information content (AvgIpc) is 3.03. The smallest absolute Gasteiger partial charge is 0.297 e. The maximum Gasteiger partial charge on any atom is 0.297 e. The minimum atomic E-state index is -3.88. The lowest BCUT2D eigenvalue weighted by Crippen LogP contribution is -2.53. The molecule has 1 saturated heterocycles. The van der Waals surface area contributed by atoms with Crippen molar-refractivity contribution in [3.8, 4) is 6.07 Å². The maximum absolute atomic E-state index is 12.9. The van der Waals surface area contributed by atoms with Crippen molar-refractivity contribution in [2.24, 2.45) is 0 Å². The van der Waals surface area contributed by atoms with Gasteiger partial charge in [-0.1, -0.05) is 17.7 Å². The van der Waals surface area contributed by atoms with E-state index >= 15 is 0 Å². The topological polar surface area (TPSA) is 155 Å². The quantitative estimate of drug-likeness (QED) is 0.229. The van der Waals surface area contributed by atoms with Crippen molar-refractivity contribution in [2.75, 3.05) is 57.1 Å². The highest BCUT2D eigenvalue weighted by molar-refractivity contribution is 7.89. The van der Waals surface area contributed by atoms with Gasteiger partial charge in [0.25, 0.3) is 10.1 Å². The van der Waals surface area contributed by atoms with Crippen LogP contribution in [0.4, 0.5) is 5.82 Å². The van der Waals surface area contributed by atoms with Crippen LogP contribution in [0.1, 0.15) is 36.8 Å². The van der Waals surface area contributed by atoms with Gasteiger partial charge in [0.1, 0.15) is 12.1 Å². The lowest BCUT2D eigenvalue weighted by atomic mass is 9.89. The Labute approximate surface area is 259 Å². The minimum Gasteiger partial charge on any atom is -0.378 e. The van der Waals surface area contributed by atoms with Crippen molar-refractivity contribution in [1.82, 2.24) is 19.2 Å². The number of anilines is 1. The lowest BCUT2D eigenvalue weighted by molar-refractivity contribution is 0.104. The molecule has 0 atom stereocenters. The average molecular weight is 643 g/mol. The summed E-state index contributed by atoms with van der Waals surface area (Å²) in [5.74, 6) is 0.584. The fraction of sp³-hybridized carbons (Fsp3) is 0.500. The first-order valence-corrected chi connectivity index (χ1v) is 17.8. The van der Waals surface area contributed by atoms with Gasteiger partial charge in [0.05, 0.1) is 47.6 Å². The van der Waals surface area contributed by atoms with E-state index in [1.807, 2.05) is 19.1 Å². The summed E-state index contributed by atoms with van der Waals surface area (Å²) in [6.07, 6.45) is 5.50. The molecule has 0 spiro atoms. The molecule has 5 rings (SSSR count). The lowest BCUT2D eigenvalue weighted by Gasteiger charge is -2.41. The number of nitriles is 1. The third-order valence-corrected chi connectivity index (χ3v) is 11.4. The highest BCUT2D eigenvalue weighted by Gasteiger charge is 2.32. The van der Waals surface area contributed by atoms with Crippen molar-refractivity contribution in [3.63, 3.8) is 0 Å². The van der Waals surface area contributed by atoms with E-state index < -0.39 is 20.1 Å². The monoisotopic (exact) mass is 642 g/mol. The molecule has 1 saturated carbocycles. The zero-order valence-corrected chi connectivity index (χ0v) is 26.4. The minimum absolute atomic E-state index is 0.0275. The summed E-state index contributed by atoms with van der Waals surface area (Å²) in [6, 6.07) is 14.6. The number of fused-ring (bicyclic) bond motifs is 1. The number of nitrogens with zero attached hydrogens (tertiary/aromatic N) is 5. The summed E-state index contributed by atoms with van der Waals surface area (Å²) in [7, 11) is -7.37. The molecule has 12 nitrogen and oxygen atoms in total. The third kappa shape index (κ3) is 8.09. The fourth-order valence-electron chi connectivity index (χ4n) is 5.74. The molecule has 44 heavy (non-hydrogen) atoms. The molecule has 1 aliphatic heterocycles. The van der Waals surface area contributed by atoms with Crippen LogP contribution in [0.3, 0.4) is 0 Å². The Bertz CT molecular complexity index is 1680. The number of rotatable bonds is 12. The maximum atomic E-state index is 12.9. The van der Waals surface area contributed by atoms with E-state index in [0.29, 0.717) is 37.8 Å². The summed E-state index contributed by atoms with van der Waals surface area (Å²) in [6.45, 7) is 3.85. The number of benzene rings is 2. The number of aromatic nitrogens is 2. The number of nitrogens with one attached hydrogen (secondary N) is 1. The number of aryl methyl sites for hydroxylation is 1. The van der Waals surface area contributed by atoms with E-state index in [1.54, 1.807) is 18.2 Å². The highest BCUT2D eigenvalue weighted by atomic mass is 32.2. The number of piperazine rings is 1. The number of ether oxygens (including phenoxy) is 1. The van der Waals surface area contributed by atoms with Crippen LogP contribution >= 0.6 is 0 Å². The van der Waals surface area contributed by atoms with Gasteiger partial charge in [-0.15, -0.1) is 0 Å². The second-order valence-corrected chi connectivity index (χ2v) is 14.9. The van der Waals surface area contributed by atoms with Gasteiger partial charge in [-0.3, -0.25) is 9.08 Å². The van der Waals surface area contributed by atoms with Gasteiger partial charge in [-0.05, 0) is 62.9 Å². The Morgan fingerprint density at radius 2 is 1.66 bits per heavy atom. The van der Waals surface area contributed by atoms with Crippen molar-refractivity contribution >= 4 is 36.9 Å². The molecule has 14 heteroatoms. The van der Waals surface area contributed by atoms with Gasteiger partial charge in [-0.2, -0.15) is 18.0 Å². The zero-order valence-electron chi connectivity index (χ0n) is 24.8. The molecule has 0 unspecified atom stereocenters. The van der Waals surface area contributed by atoms with Crippen molar-refractivity contribution in [2.45, 2.75) is 49.6 Å². The molecule has 2 heterocycles. The van der Waals surface area contributed by atoms with Crippen LogP contribution < -0.4 is 5.32 Å². The van der Waals surface area contributed by atoms with Crippen LogP contribution in [0.2, 0.25) is 0 Å². The third-order valence-electron chi connectivity index (χ3n) is 8.25. The van der Waals surface area contributed by atoms with E-state index in [9.17, 15) is 22.1 Å².